The Balaban J connectivity index is 1.76. The van der Waals surface area contributed by atoms with E-state index in [4.69, 9.17) is 9.47 Å². The fourth-order valence-electron chi connectivity index (χ4n) is 2.22. The topological polar surface area (TPSA) is 81.7 Å². The fraction of sp³-hybridized carbons (Fsp3) is 0.286. The summed E-state index contributed by atoms with van der Waals surface area (Å²) in [5.74, 6) is -2.26. The van der Waals surface area contributed by atoms with Crippen molar-refractivity contribution in [2.24, 2.45) is 0 Å². The molecule has 0 atom stereocenters. The maximum absolute atomic E-state index is 12.8. The minimum atomic E-state index is -0.790. The molecule has 148 valence electrons. The third-order valence-electron chi connectivity index (χ3n) is 3.80. The van der Waals surface area contributed by atoms with E-state index < -0.39 is 36.8 Å². The maximum Gasteiger partial charge on any atom is 0.344 e. The van der Waals surface area contributed by atoms with Crippen LogP contribution in [0.2, 0.25) is 0 Å². The van der Waals surface area contributed by atoms with Crippen molar-refractivity contribution in [3.8, 4) is 5.75 Å². The zero-order valence-electron chi connectivity index (χ0n) is 16.0. The number of rotatable bonds is 6. The van der Waals surface area contributed by atoms with Crippen molar-refractivity contribution in [3.63, 3.8) is 0 Å². The van der Waals surface area contributed by atoms with Gasteiger partial charge in [0.25, 0.3) is 11.8 Å². The van der Waals surface area contributed by atoms with Crippen LogP contribution in [-0.4, -0.2) is 31.0 Å². The smallest absolute Gasteiger partial charge is 0.344 e. The van der Waals surface area contributed by atoms with Crippen molar-refractivity contribution in [2.75, 3.05) is 13.2 Å². The molecule has 0 aliphatic rings. The molecule has 0 aromatic heterocycles. The first kappa shape index (κ1) is 21.1. The first-order chi connectivity index (χ1) is 13.1. The van der Waals surface area contributed by atoms with Gasteiger partial charge in [0.05, 0.1) is 0 Å². The van der Waals surface area contributed by atoms with Gasteiger partial charge < -0.3 is 9.47 Å². The van der Waals surface area contributed by atoms with E-state index in [1.807, 2.05) is 12.1 Å². The highest BCUT2D eigenvalue weighted by Crippen LogP contribution is 2.22. The second-order valence-corrected chi connectivity index (χ2v) is 7.11. The monoisotopic (exact) mass is 387 g/mol. The van der Waals surface area contributed by atoms with Gasteiger partial charge in [-0.15, -0.1) is 0 Å². The number of carbonyl (C=O) groups is 3. The highest BCUT2D eigenvalue weighted by atomic mass is 19.1. The summed E-state index contributed by atoms with van der Waals surface area (Å²) in [7, 11) is 0. The SMILES string of the molecule is CC(C)(C)c1ccc(C(=O)NC(=O)COC(=O)COc2ccc(F)cc2)cc1. The van der Waals surface area contributed by atoms with E-state index in [-0.39, 0.29) is 11.2 Å². The Bertz CT molecular complexity index is 839. The summed E-state index contributed by atoms with van der Waals surface area (Å²) in [4.78, 5) is 35.4. The molecular formula is C21H22FNO5. The molecule has 2 amide bonds. The van der Waals surface area contributed by atoms with Gasteiger partial charge in [0.2, 0.25) is 0 Å². The Labute approximate surface area is 162 Å². The van der Waals surface area contributed by atoms with Gasteiger partial charge in [-0.05, 0) is 47.4 Å². The minimum absolute atomic E-state index is 0.0466. The first-order valence-electron chi connectivity index (χ1n) is 8.64. The highest BCUT2D eigenvalue weighted by Gasteiger charge is 2.16. The second-order valence-electron chi connectivity index (χ2n) is 7.11. The average molecular weight is 387 g/mol. The van der Waals surface area contributed by atoms with Gasteiger partial charge in [-0.2, -0.15) is 0 Å². The number of halogens is 1. The van der Waals surface area contributed by atoms with Crippen LogP contribution >= 0.6 is 0 Å². The molecule has 2 aromatic rings. The van der Waals surface area contributed by atoms with E-state index in [2.05, 4.69) is 26.1 Å². The van der Waals surface area contributed by atoms with Crippen molar-refractivity contribution >= 4 is 17.8 Å². The number of nitrogens with one attached hydrogen (secondary N) is 1. The van der Waals surface area contributed by atoms with Crippen LogP contribution in [-0.2, 0) is 19.7 Å². The number of esters is 1. The van der Waals surface area contributed by atoms with E-state index in [1.54, 1.807) is 12.1 Å². The summed E-state index contributed by atoms with van der Waals surface area (Å²) in [6.45, 7) is 5.11. The Morgan fingerprint density at radius 2 is 1.54 bits per heavy atom. The summed E-state index contributed by atoms with van der Waals surface area (Å²) in [6.07, 6.45) is 0. The van der Waals surface area contributed by atoms with Gasteiger partial charge in [0, 0.05) is 5.56 Å². The third-order valence-corrected chi connectivity index (χ3v) is 3.80. The molecule has 28 heavy (non-hydrogen) atoms. The van der Waals surface area contributed by atoms with Crippen LogP contribution in [0.25, 0.3) is 0 Å². The van der Waals surface area contributed by atoms with Gasteiger partial charge >= 0.3 is 5.97 Å². The summed E-state index contributed by atoms with van der Waals surface area (Å²) in [5, 5.41) is 2.15. The molecule has 6 nitrogen and oxygen atoms in total. The number of benzene rings is 2. The van der Waals surface area contributed by atoms with Crippen LogP contribution in [0.3, 0.4) is 0 Å². The molecule has 0 saturated carbocycles. The van der Waals surface area contributed by atoms with Crippen molar-refractivity contribution in [1.82, 2.24) is 5.32 Å². The zero-order valence-corrected chi connectivity index (χ0v) is 16.0. The lowest BCUT2D eigenvalue weighted by Gasteiger charge is -2.19. The van der Waals surface area contributed by atoms with E-state index in [0.717, 1.165) is 5.56 Å². The van der Waals surface area contributed by atoms with E-state index >= 15 is 0 Å². The normalized spacial score (nSPS) is 10.9. The number of hydrogen-bond donors (Lipinski definition) is 1. The molecule has 0 saturated heterocycles. The summed E-state index contributed by atoms with van der Waals surface area (Å²) in [6, 6.07) is 12.0. The summed E-state index contributed by atoms with van der Waals surface area (Å²) < 4.78 is 22.6. The summed E-state index contributed by atoms with van der Waals surface area (Å²) >= 11 is 0. The Morgan fingerprint density at radius 3 is 2.11 bits per heavy atom. The van der Waals surface area contributed by atoms with Gasteiger partial charge in [0.15, 0.2) is 13.2 Å². The predicted octanol–water partition coefficient (Wildman–Crippen LogP) is 3.00. The van der Waals surface area contributed by atoms with Gasteiger partial charge in [-0.3, -0.25) is 14.9 Å². The number of hydrogen-bond acceptors (Lipinski definition) is 5. The number of ether oxygens (including phenoxy) is 2. The molecule has 7 heteroatoms. The molecule has 2 rings (SSSR count). The molecular weight excluding hydrogens is 365 g/mol. The number of amides is 2. The van der Waals surface area contributed by atoms with Crippen molar-refractivity contribution < 1.29 is 28.2 Å². The lowest BCUT2D eigenvalue weighted by molar-refractivity contribution is -0.150. The molecule has 0 aliphatic carbocycles. The Morgan fingerprint density at radius 1 is 0.929 bits per heavy atom. The molecule has 0 unspecified atom stereocenters. The van der Waals surface area contributed by atoms with Crippen molar-refractivity contribution in [1.29, 1.82) is 0 Å². The quantitative estimate of drug-likeness (QED) is 0.771. The highest BCUT2D eigenvalue weighted by molar-refractivity contribution is 6.05. The first-order valence-corrected chi connectivity index (χ1v) is 8.64. The standard InChI is InChI=1S/C21H22FNO5/c1-21(2,3)15-6-4-14(5-7-15)20(26)23-18(24)12-28-19(25)13-27-17-10-8-16(22)9-11-17/h4-11H,12-13H2,1-3H3,(H,23,24,26). The predicted molar refractivity (Wildman–Crippen MR) is 100 cm³/mol. The third kappa shape index (κ3) is 6.50. The maximum atomic E-state index is 12.8. The van der Waals surface area contributed by atoms with Gasteiger partial charge in [-0.1, -0.05) is 32.9 Å². The van der Waals surface area contributed by atoms with E-state index in [0.29, 0.717) is 5.56 Å². The Hall–Kier alpha value is -3.22. The molecule has 0 heterocycles. The van der Waals surface area contributed by atoms with Crippen LogP contribution < -0.4 is 10.1 Å². The number of imide groups is 1. The largest absolute Gasteiger partial charge is 0.482 e. The Kier molecular flexibility index (Phi) is 6.87. The van der Waals surface area contributed by atoms with Crippen molar-refractivity contribution in [3.05, 3.63) is 65.5 Å². The molecule has 0 fully saturated rings. The molecule has 0 bridgehead atoms. The van der Waals surface area contributed by atoms with Gasteiger partial charge in [-0.25, -0.2) is 9.18 Å². The van der Waals surface area contributed by atoms with E-state index in [9.17, 15) is 18.8 Å². The van der Waals surface area contributed by atoms with Crippen molar-refractivity contribution in [2.45, 2.75) is 26.2 Å². The second kappa shape index (κ2) is 9.12. The van der Waals surface area contributed by atoms with Gasteiger partial charge in [0.1, 0.15) is 11.6 Å². The lowest BCUT2D eigenvalue weighted by Crippen LogP contribution is -2.34. The van der Waals surface area contributed by atoms with Crippen LogP contribution in [0.4, 0.5) is 4.39 Å². The average Bonchev–Trinajstić information content (AvgIpc) is 2.65. The molecule has 0 spiro atoms. The molecule has 2 aromatic carbocycles. The molecule has 0 aliphatic heterocycles. The van der Waals surface area contributed by atoms with E-state index in [1.165, 1.54) is 24.3 Å². The number of carbonyl (C=O) groups excluding carboxylic acids is 3. The lowest BCUT2D eigenvalue weighted by atomic mass is 9.87. The van der Waals surface area contributed by atoms with Crippen LogP contribution in [0, 0.1) is 5.82 Å². The van der Waals surface area contributed by atoms with Crippen LogP contribution in [0.5, 0.6) is 5.75 Å². The molecule has 1 N–H and O–H groups in total. The minimum Gasteiger partial charge on any atom is -0.482 e. The van der Waals surface area contributed by atoms with Crippen LogP contribution in [0.15, 0.2) is 48.5 Å². The van der Waals surface area contributed by atoms with Crippen LogP contribution in [0.1, 0.15) is 36.7 Å². The molecule has 0 radical (unpaired) electrons. The summed E-state index contributed by atoms with van der Waals surface area (Å²) in [5.41, 5.74) is 1.34. The zero-order chi connectivity index (χ0) is 20.7. The fourth-order valence-corrected chi connectivity index (χ4v) is 2.22.